The normalized spacial score (nSPS) is 14.6. The minimum atomic E-state index is -0.104. The Balaban J connectivity index is 1.38. The molecule has 6 heteroatoms. The molecule has 0 aliphatic carbocycles. The van der Waals surface area contributed by atoms with Crippen LogP contribution in [0.3, 0.4) is 0 Å². The summed E-state index contributed by atoms with van der Waals surface area (Å²) < 4.78 is 5.58. The monoisotopic (exact) mass is 386 g/mol. The number of amides is 2. The van der Waals surface area contributed by atoms with Gasteiger partial charge >= 0.3 is 0 Å². The van der Waals surface area contributed by atoms with Crippen molar-refractivity contribution in [1.29, 1.82) is 0 Å². The Labute approximate surface area is 164 Å². The number of nitrogens with one attached hydrogen (secondary N) is 1. The molecule has 27 heavy (non-hydrogen) atoms. The second-order valence-electron chi connectivity index (χ2n) is 6.55. The molecule has 0 aromatic heterocycles. The molecule has 1 aliphatic heterocycles. The highest BCUT2D eigenvalue weighted by molar-refractivity contribution is 6.30. The minimum Gasteiger partial charge on any atom is -0.493 e. The van der Waals surface area contributed by atoms with Gasteiger partial charge in [-0.3, -0.25) is 9.59 Å². The fourth-order valence-corrected chi connectivity index (χ4v) is 3.20. The topological polar surface area (TPSA) is 58.6 Å². The lowest BCUT2D eigenvalue weighted by molar-refractivity contribution is -0.132. The second kappa shape index (κ2) is 9.42. The molecule has 1 fully saturated rings. The van der Waals surface area contributed by atoms with E-state index in [-0.39, 0.29) is 17.9 Å². The number of rotatable bonds is 6. The first kappa shape index (κ1) is 19.2. The predicted molar refractivity (Wildman–Crippen MR) is 105 cm³/mol. The Morgan fingerprint density at radius 3 is 2.37 bits per heavy atom. The lowest BCUT2D eigenvalue weighted by atomic mass is 10.0. The van der Waals surface area contributed by atoms with E-state index in [9.17, 15) is 9.59 Å². The van der Waals surface area contributed by atoms with Gasteiger partial charge in [0.25, 0.3) is 5.91 Å². The zero-order valence-electron chi connectivity index (χ0n) is 15.1. The summed E-state index contributed by atoms with van der Waals surface area (Å²) in [6.45, 7) is 1.67. The number of halogens is 1. The molecule has 0 radical (unpaired) electrons. The SMILES string of the molecule is O=C(NC1CCN(C(=O)CCOc2ccccc2)CC1)c1ccc(Cl)cc1. The third kappa shape index (κ3) is 5.73. The Morgan fingerprint density at radius 2 is 1.70 bits per heavy atom. The van der Waals surface area contributed by atoms with Crippen molar-refractivity contribution in [1.82, 2.24) is 10.2 Å². The molecule has 1 N–H and O–H groups in total. The van der Waals surface area contributed by atoms with E-state index < -0.39 is 0 Å². The van der Waals surface area contributed by atoms with Crippen LogP contribution in [0.25, 0.3) is 0 Å². The van der Waals surface area contributed by atoms with Crippen molar-refractivity contribution in [2.24, 2.45) is 0 Å². The summed E-state index contributed by atoms with van der Waals surface area (Å²) >= 11 is 5.85. The molecule has 2 aromatic rings. The molecule has 0 spiro atoms. The van der Waals surface area contributed by atoms with Gasteiger partial charge in [-0.2, -0.15) is 0 Å². The van der Waals surface area contributed by atoms with Gasteiger partial charge in [-0.05, 0) is 49.2 Å². The van der Waals surface area contributed by atoms with Crippen LogP contribution in [-0.2, 0) is 4.79 Å². The average Bonchev–Trinajstić information content (AvgIpc) is 2.70. The first-order valence-electron chi connectivity index (χ1n) is 9.14. The van der Waals surface area contributed by atoms with Crippen LogP contribution < -0.4 is 10.1 Å². The summed E-state index contributed by atoms with van der Waals surface area (Å²) in [6.07, 6.45) is 1.87. The molecular formula is C21H23ClN2O3. The van der Waals surface area contributed by atoms with E-state index >= 15 is 0 Å². The van der Waals surface area contributed by atoms with Crippen molar-refractivity contribution in [2.45, 2.75) is 25.3 Å². The summed E-state index contributed by atoms with van der Waals surface area (Å²) in [7, 11) is 0. The van der Waals surface area contributed by atoms with Crippen LogP contribution in [-0.4, -0.2) is 42.5 Å². The standard InChI is InChI=1S/C21H23ClN2O3/c22-17-8-6-16(7-9-17)21(26)23-18-10-13-24(14-11-18)20(25)12-15-27-19-4-2-1-3-5-19/h1-9,18H,10-15H2,(H,23,26). The van der Waals surface area contributed by atoms with E-state index in [0.29, 0.717) is 36.7 Å². The number of piperidine rings is 1. The number of carbonyl (C=O) groups excluding carboxylic acids is 2. The van der Waals surface area contributed by atoms with E-state index in [1.165, 1.54) is 0 Å². The molecule has 2 aromatic carbocycles. The zero-order chi connectivity index (χ0) is 19.1. The minimum absolute atomic E-state index is 0.0813. The number of hydrogen-bond donors (Lipinski definition) is 1. The molecule has 0 saturated carbocycles. The first-order valence-corrected chi connectivity index (χ1v) is 9.51. The Morgan fingerprint density at radius 1 is 1.04 bits per heavy atom. The third-order valence-corrected chi connectivity index (χ3v) is 4.87. The smallest absolute Gasteiger partial charge is 0.251 e. The largest absolute Gasteiger partial charge is 0.493 e. The van der Waals surface area contributed by atoms with Crippen LogP contribution >= 0.6 is 11.6 Å². The molecule has 1 heterocycles. The lowest BCUT2D eigenvalue weighted by Gasteiger charge is -2.32. The van der Waals surface area contributed by atoms with Gasteiger partial charge in [0.2, 0.25) is 5.91 Å². The summed E-state index contributed by atoms with van der Waals surface area (Å²) in [4.78, 5) is 26.4. The summed E-state index contributed by atoms with van der Waals surface area (Å²) in [5.41, 5.74) is 0.593. The number of ether oxygens (including phenoxy) is 1. The summed E-state index contributed by atoms with van der Waals surface area (Å²) in [5.74, 6) is 0.759. The van der Waals surface area contributed by atoms with Gasteiger partial charge in [0.15, 0.2) is 0 Å². The van der Waals surface area contributed by atoms with E-state index in [0.717, 1.165) is 18.6 Å². The number of nitrogens with zero attached hydrogens (tertiary/aromatic N) is 1. The summed E-state index contributed by atoms with van der Waals surface area (Å²) in [6, 6.07) is 16.4. The Kier molecular flexibility index (Phi) is 6.71. The van der Waals surface area contributed by atoms with Crippen molar-refractivity contribution in [3.8, 4) is 5.75 Å². The van der Waals surface area contributed by atoms with Gasteiger partial charge < -0.3 is 15.0 Å². The Hall–Kier alpha value is -2.53. The highest BCUT2D eigenvalue weighted by atomic mass is 35.5. The van der Waals surface area contributed by atoms with Gasteiger partial charge in [-0.1, -0.05) is 29.8 Å². The number of likely N-dealkylation sites (tertiary alicyclic amines) is 1. The van der Waals surface area contributed by atoms with Crippen molar-refractivity contribution >= 4 is 23.4 Å². The van der Waals surface area contributed by atoms with Crippen LogP contribution in [0.4, 0.5) is 0 Å². The van der Waals surface area contributed by atoms with Crippen LogP contribution in [0.5, 0.6) is 5.75 Å². The fraction of sp³-hybridized carbons (Fsp3) is 0.333. The van der Waals surface area contributed by atoms with Gasteiger partial charge in [0, 0.05) is 29.7 Å². The van der Waals surface area contributed by atoms with Gasteiger partial charge in [0.05, 0.1) is 13.0 Å². The van der Waals surface area contributed by atoms with Crippen LogP contribution in [0, 0.1) is 0 Å². The van der Waals surface area contributed by atoms with E-state index in [1.54, 1.807) is 24.3 Å². The lowest BCUT2D eigenvalue weighted by Crippen LogP contribution is -2.46. The van der Waals surface area contributed by atoms with Crippen molar-refractivity contribution in [3.05, 3.63) is 65.2 Å². The molecule has 1 aliphatic rings. The maximum absolute atomic E-state index is 12.3. The number of carbonyl (C=O) groups is 2. The number of para-hydroxylation sites is 1. The summed E-state index contributed by atoms with van der Waals surface area (Å²) in [5, 5.41) is 3.64. The molecule has 0 atom stereocenters. The van der Waals surface area contributed by atoms with Gasteiger partial charge in [-0.25, -0.2) is 0 Å². The molecule has 3 rings (SSSR count). The maximum atomic E-state index is 12.3. The second-order valence-corrected chi connectivity index (χ2v) is 6.98. The van der Waals surface area contributed by atoms with Crippen molar-refractivity contribution < 1.29 is 14.3 Å². The van der Waals surface area contributed by atoms with Crippen LogP contribution in [0.2, 0.25) is 5.02 Å². The number of benzene rings is 2. The molecule has 5 nitrogen and oxygen atoms in total. The fourth-order valence-electron chi connectivity index (χ4n) is 3.07. The zero-order valence-corrected chi connectivity index (χ0v) is 15.8. The molecule has 0 bridgehead atoms. The highest BCUT2D eigenvalue weighted by Gasteiger charge is 2.24. The maximum Gasteiger partial charge on any atom is 0.251 e. The van der Waals surface area contributed by atoms with Crippen LogP contribution in [0.1, 0.15) is 29.6 Å². The molecular weight excluding hydrogens is 364 g/mol. The average molecular weight is 387 g/mol. The highest BCUT2D eigenvalue weighted by Crippen LogP contribution is 2.14. The third-order valence-electron chi connectivity index (χ3n) is 4.62. The number of hydrogen-bond acceptors (Lipinski definition) is 3. The molecule has 2 amide bonds. The van der Waals surface area contributed by atoms with Crippen molar-refractivity contribution in [2.75, 3.05) is 19.7 Å². The Bertz CT molecular complexity index is 757. The van der Waals surface area contributed by atoms with E-state index in [4.69, 9.17) is 16.3 Å². The molecule has 142 valence electrons. The van der Waals surface area contributed by atoms with E-state index in [2.05, 4.69) is 5.32 Å². The quantitative estimate of drug-likeness (QED) is 0.826. The first-order chi connectivity index (χ1) is 13.1. The molecule has 1 saturated heterocycles. The molecule has 0 unspecified atom stereocenters. The van der Waals surface area contributed by atoms with Crippen LogP contribution in [0.15, 0.2) is 54.6 Å². The van der Waals surface area contributed by atoms with Crippen molar-refractivity contribution in [3.63, 3.8) is 0 Å². The van der Waals surface area contributed by atoms with Gasteiger partial charge in [-0.15, -0.1) is 0 Å². The van der Waals surface area contributed by atoms with Gasteiger partial charge in [0.1, 0.15) is 5.75 Å². The van der Waals surface area contributed by atoms with E-state index in [1.807, 2.05) is 35.2 Å². The predicted octanol–water partition coefficient (Wildman–Crippen LogP) is 3.53.